The molecule has 1 aliphatic heterocycles. The fourth-order valence-corrected chi connectivity index (χ4v) is 3.40. The molecule has 0 unspecified atom stereocenters. The summed E-state index contributed by atoms with van der Waals surface area (Å²) in [6.07, 6.45) is 0.944. The number of amides is 1. The summed E-state index contributed by atoms with van der Waals surface area (Å²) in [6, 6.07) is 7.57. The molecule has 0 spiro atoms. The van der Waals surface area contributed by atoms with Crippen LogP contribution in [-0.4, -0.2) is 41.3 Å². The number of anilines is 1. The van der Waals surface area contributed by atoms with Crippen LogP contribution in [0.1, 0.15) is 53.5 Å². The second-order valence-corrected chi connectivity index (χ2v) is 9.56. The number of esters is 1. The predicted molar refractivity (Wildman–Crippen MR) is 110 cm³/mol. The van der Waals surface area contributed by atoms with Gasteiger partial charge in [-0.25, -0.2) is 4.79 Å². The molecule has 0 radical (unpaired) electrons. The number of likely N-dealkylation sites (tertiary alicyclic amines) is 1. The van der Waals surface area contributed by atoms with E-state index in [1.807, 2.05) is 65.8 Å². The van der Waals surface area contributed by atoms with E-state index in [9.17, 15) is 9.59 Å². The second kappa shape index (κ2) is 8.41. The van der Waals surface area contributed by atoms with E-state index in [2.05, 4.69) is 0 Å². The molecular weight excluding hydrogens is 356 g/mol. The van der Waals surface area contributed by atoms with Crippen molar-refractivity contribution in [1.29, 1.82) is 0 Å². The zero-order valence-electron chi connectivity index (χ0n) is 18.0. The van der Waals surface area contributed by atoms with Crippen LogP contribution in [0.5, 0.6) is 0 Å². The first kappa shape index (κ1) is 22.1. The Kier molecular flexibility index (Phi) is 6.63. The average molecular weight is 391 g/mol. The SMILES string of the molecule is CC(C)(C)OC(=O)[C@@H](Cc1cccc(N)c1)[C@H]1CCN(C(=O)OC(C)(C)C)C1. The normalized spacial score (nSPS) is 18.6. The zero-order valence-corrected chi connectivity index (χ0v) is 18.0. The van der Waals surface area contributed by atoms with Crippen LogP contribution >= 0.6 is 0 Å². The first-order valence-corrected chi connectivity index (χ1v) is 9.89. The largest absolute Gasteiger partial charge is 0.460 e. The molecule has 1 aromatic rings. The fraction of sp³-hybridized carbons (Fsp3) is 0.636. The lowest BCUT2D eigenvalue weighted by molar-refractivity contribution is -0.161. The number of ether oxygens (including phenoxy) is 2. The Labute approximate surface area is 168 Å². The zero-order chi connectivity index (χ0) is 21.1. The molecule has 0 saturated carbocycles. The van der Waals surface area contributed by atoms with E-state index < -0.39 is 11.2 Å². The molecule has 0 aliphatic carbocycles. The van der Waals surface area contributed by atoms with Crippen LogP contribution in [0.3, 0.4) is 0 Å². The number of nitrogens with zero attached hydrogens (tertiary/aromatic N) is 1. The molecule has 0 aromatic heterocycles. The topological polar surface area (TPSA) is 81.9 Å². The Balaban J connectivity index is 2.15. The van der Waals surface area contributed by atoms with Gasteiger partial charge in [0.15, 0.2) is 0 Å². The quantitative estimate of drug-likeness (QED) is 0.620. The van der Waals surface area contributed by atoms with Gasteiger partial charge in [0.05, 0.1) is 5.92 Å². The summed E-state index contributed by atoms with van der Waals surface area (Å²) in [6.45, 7) is 12.2. The van der Waals surface area contributed by atoms with Gasteiger partial charge in [0.2, 0.25) is 0 Å². The Hall–Kier alpha value is -2.24. The first-order valence-electron chi connectivity index (χ1n) is 9.89. The van der Waals surface area contributed by atoms with Crippen molar-refractivity contribution in [2.75, 3.05) is 18.8 Å². The highest BCUT2D eigenvalue weighted by molar-refractivity contribution is 5.74. The van der Waals surface area contributed by atoms with Crippen molar-refractivity contribution in [2.45, 2.75) is 65.6 Å². The van der Waals surface area contributed by atoms with Gasteiger partial charge < -0.3 is 20.1 Å². The van der Waals surface area contributed by atoms with Crippen molar-refractivity contribution >= 4 is 17.7 Å². The van der Waals surface area contributed by atoms with E-state index in [-0.39, 0.29) is 23.9 Å². The van der Waals surface area contributed by atoms with E-state index in [0.29, 0.717) is 25.2 Å². The summed E-state index contributed by atoms with van der Waals surface area (Å²) >= 11 is 0. The lowest BCUT2D eigenvalue weighted by atomic mass is 9.86. The number of carbonyl (C=O) groups excluding carboxylic acids is 2. The van der Waals surface area contributed by atoms with Crippen molar-refractivity contribution in [3.63, 3.8) is 0 Å². The first-order chi connectivity index (χ1) is 12.8. The van der Waals surface area contributed by atoms with Gasteiger partial charge in [-0.1, -0.05) is 12.1 Å². The van der Waals surface area contributed by atoms with Crippen LogP contribution < -0.4 is 5.73 Å². The molecule has 156 valence electrons. The van der Waals surface area contributed by atoms with Crippen molar-refractivity contribution < 1.29 is 19.1 Å². The summed E-state index contributed by atoms with van der Waals surface area (Å²) in [5, 5.41) is 0. The van der Waals surface area contributed by atoms with Crippen LogP contribution in [0.2, 0.25) is 0 Å². The minimum Gasteiger partial charge on any atom is -0.460 e. The number of rotatable bonds is 4. The van der Waals surface area contributed by atoms with Crippen LogP contribution in [0.4, 0.5) is 10.5 Å². The monoisotopic (exact) mass is 390 g/mol. The molecule has 1 fully saturated rings. The number of nitrogens with two attached hydrogens (primary N) is 1. The van der Waals surface area contributed by atoms with Gasteiger partial charge in [-0.15, -0.1) is 0 Å². The third-order valence-corrected chi connectivity index (χ3v) is 4.56. The molecule has 1 heterocycles. The molecule has 2 atom stereocenters. The lowest BCUT2D eigenvalue weighted by Crippen LogP contribution is -2.38. The maximum Gasteiger partial charge on any atom is 0.410 e. The number of hydrogen-bond donors (Lipinski definition) is 1. The molecule has 6 nitrogen and oxygen atoms in total. The average Bonchev–Trinajstić information content (AvgIpc) is 2.99. The maximum atomic E-state index is 13.0. The Morgan fingerprint density at radius 2 is 1.79 bits per heavy atom. The summed E-state index contributed by atoms with van der Waals surface area (Å²) < 4.78 is 11.2. The Morgan fingerprint density at radius 1 is 1.14 bits per heavy atom. The van der Waals surface area contributed by atoms with Crippen LogP contribution in [0.15, 0.2) is 24.3 Å². The number of benzene rings is 1. The minimum absolute atomic E-state index is 0.0174. The van der Waals surface area contributed by atoms with E-state index in [4.69, 9.17) is 15.2 Å². The van der Waals surface area contributed by atoms with Gasteiger partial charge in [-0.2, -0.15) is 0 Å². The van der Waals surface area contributed by atoms with Gasteiger partial charge >= 0.3 is 12.1 Å². The van der Waals surface area contributed by atoms with Gasteiger partial charge in [0.1, 0.15) is 11.2 Å². The van der Waals surface area contributed by atoms with E-state index >= 15 is 0 Å². The van der Waals surface area contributed by atoms with Crippen LogP contribution in [0.25, 0.3) is 0 Å². The van der Waals surface area contributed by atoms with Crippen molar-refractivity contribution in [2.24, 2.45) is 11.8 Å². The molecule has 28 heavy (non-hydrogen) atoms. The Morgan fingerprint density at radius 3 is 2.36 bits per heavy atom. The number of hydrogen-bond acceptors (Lipinski definition) is 5. The molecule has 2 N–H and O–H groups in total. The molecule has 0 bridgehead atoms. The number of nitrogen functional groups attached to an aromatic ring is 1. The second-order valence-electron chi connectivity index (χ2n) is 9.56. The molecule has 1 amide bonds. The highest BCUT2D eigenvalue weighted by atomic mass is 16.6. The summed E-state index contributed by atoms with van der Waals surface area (Å²) in [5.74, 6) is -0.553. The molecule has 1 saturated heterocycles. The fourth-order valence-electron chi connectivity index (χ4n) is 3.40. The maximum absolute atomic E-state index is 13.0. The number of carbonyl (C=O) groups is 2. The standard InChI is InChI=1S/C22H34N2O4/c1-21(2,3)27-19(25)18(13-15-8-7-9-17(23)12-15)16-10-11-24(14-16)20(26)28-22(4,5)6/h7-9,12,16,18H,10-11,13-14,23H2,1-6H3/t16-,18-/m0/s1. The van der Waals surface area contributed by atoms with E-state index in [1.54, 1.807) is 4.90 Å². The summed E-state index contributed by atoms with van der Waals surface area (Å²) in [7, 11) is 0. The molecular formula is C22H34N2O4. The van der Waals surface area contributed by atoms with Crippen LogP contribution in [-0.2, 0) is 20.7 Å². The molecule has 1 aliphatic rings. The van der Waals surface area contributed by atoms with E-state index in [1.165, 1.54) is 0 Å². The highest BCUT2D eigenvalue weighted by Gasteiger charge is 2.39. The molecule has 1 aromatic carbocycles. The minimum atomic E-state index is -0.561. The van der Waals surface area contributed by atoms with Gasteiger partial charge in [-0.05, 0) is 78.0 Å². The smallest absolute Gasteiger partial charge is 0.410 e. The van der Waals surface area contributed by atoms with Crippen LogP contribution in [0, 0.1) is 11.8 Å². The van der Waals surface area contributed by atoms with Gasteiger partial charge in [0, 0.05) is 18.8 Å². The molecule has 6 heteroatoms. The third kappa shape index (κ3) is 6.73. The van der Waals surface area contributed by atoms with Crippen molar-refractivity contribution in [3.8, 4) is 0 Å². The molecule has 2 rings (SSSR count). The van der Waals surface area contributed by atoms with Gasteiger partial charge in [-0.3, -0.25) is 4.79 Å². The predicted octanol–water partition coefficient (Wildman–Crippen LogP) is 4.03. The lowest BCUT2D eigenvalue weighted by Gasteiger charge is -2.28. The van der Waals surface area contributed by atoms with Crippen molar-refractivity contribution in [3.05, 3.63) is 29.8 Å². The van der Waals surface area contributed by atoms with E-state index in [0.717, 1.165) is 12.0 Å². The Bertz CT molecular complexity index is 703. The summed E-state index contributed by atoms with van der Waals surface area (Å²) in [4.78, 5) is 27.0. The summed E-state index contributed by atoms with van der Waals surface area (Å²) in [5.41, 5.74) is 6.46. The van der Waals surface area contributed by atoms with Gasteiger partial charge in [0.25, 0.3) is 0 Å². The third-order valence-electron chi connectivity index (χ3n) is 4.56. The van der Waals surface area contributed by atoms with Crippen molar-refractivity contribution in [1.82, 2.24) is 4.90 Å². The highest BCUT2D eigenvalue weighted by Crippen LogP contribution is 2.30.